The number of primary amides is 1. The van der Waals surface area contributed by atoms with Gasteiger partial charge in [-0.3, -0.25) is 4.79 Å². The van der Waals surface area contributed by atoms with Crippen LogP contribution >= 0.6 is 11.3 Å². The fraction of sp³-hybridized carbons (Fsp3) is 0.438. The number of hydrogen-bond donors (Lipinski definition) is 1. The number of unbranched alkanes of at least 4 members (excludes halogenated alkanes) is 1. The Labute approximate surface area is 125 Å². The maximum atomic E-state index is 11.6. The minimum absolute atomic E-state index is 0.376. The third-order valence-electron chi connectivity index (χ3n) is 3.22. The molecule has 0 unspecified atom stereocenters. The van der Waals surface area contributed by atoms with Gasteiger partial charge in [-0.25, -0.2) is 0 Å². The van der Waals surface area contributed by atoms with E-state index in [1.54, 1.807) is 0 Å². The molecule has 0 fully saturated rings. The first-order valence-corrected chi connectivity index (χ1v) is 7.65. The van der Waals surface area contributed by atoms with E-state index in [1.807, 2.05) is 20.8 Å². The van der Waals surface area contributed by atoms with Gasteiger partial charge in [-0.2, -0.15) is 0 Å². The number of carbonyl (C=O) groups excluding carboxylic acids is 1. The SMILES string of the molecule is C=C(C)c1c(N(CCCC)C(=C)C)sc(C(N)=O)c1C. The number of thiophene rings is 1. The molecule has 1 amide bonds. The molecule has 0 bridgehead atoms. The maximum Gasteiger partial charge on any atom is 0.259 e. The Morgan fingerprint density at radius 1 is 1.35 bits per heavy atom. The zero-order valence-corrected chi connectivity index (χ0v) is 13.7. The van der Waals surface area contributed by atoms with E-state index in [0.717, 1.165) is 46.8 Å². The molecule has 1 heterocycles. The second kappa shape index (κ2) is 6.75. The zero-order chi connectivity index (χ0) is 15.4. The largest absolute Gasteiger partial charge is 0.365 e. The number of amides is 1. The van der Waals surface area contributed by atoms with E-state index >= 15 is 0 Å². The summed E-state index contributed by atoms with van der Waals surface area (Å²) in [5.74, 6) is -0.376. The second-order valence-corrected chi connectivity index (χ2v) is 6.12. The minimum atomic E-state index is -0.376. The molecule has 0 aromatic carbocycles. The van der Waals surface area contributed by atoms with E-state index in [9.17, 15) is 4.79 Å². The highest BCUT2D eigenvalue weighted by atomic mass is 32.1. The number of nitrogens with zero attached hydrogens (tertiary/aromatic N) is 1. The zero-order valence-electron chi connectivity index (χ0n) is 12.9. The summed E-state index contributed by atoms with van der Waals surface area (Å²) in [5.41, 5.74) is 9.35. The van der Waals surface area contributed by atoms with Crippen LogP contribution in [-0.2, 0) is 0 Å². The van der Waals surface area contributed by atoms with Crippen molar-refractivity contribution in [2.75, 3.05) is 11.4 Å². The van der Waals surface area contributed by atoms with Crippen LogP contribution in [0, 0.1) is 6.92 Å². The molecule has 1 aromatic heterocycles. The van der Waals surface area contributed by atoms with Crippen LogP contribution in [0.2, 0.25) is 0 Å². The Bertz CT molecular complexity index is 543. The van der Waals surface area contributed by atoms with Gasteiger partial charge in [-0.15, -0.1) is 11.3 Å². The monoisotopic (exact) mass is 292 g/mol. The smallest absolute Gasteiger partial charge is 0.259 e. The number of carbonyl (C=O) groups is 1. The molecular weight excluding hydrogens is 268 g/mol. The molecule has 0 saturated carbocycles. The molecule has 0 aliphatic heterocycles. The third kappa shape index (κ3) is 3.31. The predicted octanol–water partition coefficient (Wildman–Crippen LogP) is 4.33. The molecule has 110 valence electrons. The van der Waals surface area contributed by atoms with Gasteiger partial charge in [0.15, 0.2) is 0 Å². The molecule has 0 radical (unpaired) electrons. The van der Waals surface area contributed by atoms with E-state index in [2.05, 4.69) is 25.0 Å². The number of allylic oxidation sites excluding steroid dienone is 2. The van der Waals surface area contributed by atoms with E-state index in [0.29, 0.717) is 4.88 Å². The second-order valence-electron chi connectivity index (χ2n) is 5.12. The Morgan fingerprint density at radius 3 is 2.35 bits per heavy atom. The molecule has 1 rings (SSSR count). The van der Waals surface area contributed by atoms with Gasteiger partial charge in [0, 0.05) is 17.8 Å². The van der Waals surface area contributed by atoms with Crippen molar-refractivity contribution in [1.29, 1.82) is 0 Å². The van der Waals surface area contributed by atoms with Gasteiger partial charge in [0.25, 0.3) is 5.91 Å². The number of nitrogens with two attached hydrogens (primary N) is 1. The van der Waals surface area contributed by atoms with E-state index in [-0.39, 0.29) is 5.91 Å². The van der Waals surface area contributed by atoms with Gasteiger partial charge in [0.05, 0.1) is 4.88 Å². The number of anilines is 1. The number of hydrogen-bond acceptors (Lipinski definition) is 3. The van der Waals surface area contributed by atoms with E-state index in [4.69, 9.17) is 5.73 Å². The van der Waals surface area contributed by atoms with Crippen LogP contribution in [0.25, 0.3) is 5.57 Å². The maximum absolute atomic E-state index is 11.6. The molecule has 0 saturated heterocycles. The van der Waals surface area contributed by atoms with E-state index < -0.39 is 0 Å². The van der Waals surface area contributed by atoms with Crippen LogP contribution in [0.1, 0.15) is 54.4 Å². The van der Waals surface area contributed by atoms with Crippen molar-refractivity contribution in [3.05, 3.63) is 34.9 Å². The van der Waals surface area contributed by atoms with E-state index in [1.165, 1.54) is 11.3 Å². The van der Waals surface area contributed by atoms with Crippen molar-refractivity contribution >= 4 is 27.8 Å². The van der Waals surface area contributed by atoms with Gasteiger partial charge < -0.3 is 10.6 Å². The molecule has 0 spiro atoms. The van der Waals surface area contributed by atoms with Crippen LogP contribution in [0.15, 0.2) is 18.9 Å². The highest BCUT2D eigenvalue weighted by Crippen LogP contribution is 2.40. The summed E-state index contributed by atoms with van der Waals surface area (Å²) in [6.07, 6.45) is 2.19. The summed E-state index contributed by atoms with van der Waals surface area (Å²) in [5, 5.41) is 1.03. The summed E-state index contributed by atoms with van der Waals surface area (Å²) >= 11 is 1.44. The Balaban J connectivity index is 3.40. The molecule has 1 aromatic rings. The molecule has 0 aliphatic rings. The summed E-state index contributed by atoms with van der Waals surface area (Å²) in [7, 11) is 0. The fourth-order valence-corrected chi connectivity index (χ4v) is 3.54. The molecule has 3 nitrogen and oxygen atoms in total. The van der Waals surface area contributed by atoms with Crippen LogP contribution < -0.4 is 10.6 Å². The standard InChI is InChI=1S/C16H24N2OS/c1-7-8-9-18(11(4)5)16-13(10(2)3)12(6)14(20-16)15(17)19/h2,4,7-9H2,1,3,5-6H3,(H2,17,19). The van der Waals surface area contributed by atoms with Crippen LogP contribution in [0.4, 0.5) is 5.00 Å². The number of rotatable bonds is 7. The van der Waals surface area contributed by atoms with Crippen molar-refractivity contribution in [3.8, 4) is 0 Å². The van der Waals surface area contributed by atoms with Crippen molar-refractivity contribution in [1.82, 2.24) is 0 Å². The molecule has 20 heavy (non-hydrogen) atoms. The third-order valence-corrected chi connectivity index (χ3v) is 4.55. The Morgan fingerprint density at radius 2 is 1.95 bits per heavy atom. The van der Waals surface area contributed by atoms with Crippen molar-refractivity contribution in [2.24, 2.45) is 5.73 Å². The lowest BCUT2D eigenvalue weighted by atomic mass is 10.0. The first kappa shape index (κ1) is 16.5. The van der Waals surface area contributed by atoms with Crippen LogP contribution in [-0.4, -0.2) is 12.5 Å². The lowest BCUT2D eigenvalue weighted by Crippen LogP contribution is -2.21. The van der Waals surface area contributed by atoms with Gasteiger partial charge in [-0.1, -0.05) is 26.5 Å². The summed E-state index contributed by atoms with van der Waals surface area (Å²) in [6, 6.07) is 0. The van der Waals surface area contributed by atoms with Gasteiger partial charge in [-0.05, 0) is 38.3 Å². The molecule has 0 atom stereocenters. The highest BCUT2D eigenvalue weighted by Gasteiger charge is 2.22. The fourth-order valence-electron chi connectivity index (χ4n) is 2.21. The lowest BCUT2D eigenvalue weighted by Gasteiger charge is -2.25. The first-order valence-electron chi connectivity index (χ1n) is 6.83. The molecule has 0 aliphatic carbocycles. The van der Waals surface area contributed by atoms with Gasteiger partial charge in [0.2, 0.25) is 0 Å². The summed E-state index contributed by atoms with van der Waals surface area (Å²) in [6.45, 7) is 17.0. The lowest BCUT2D eigenvalue weighted by molar-refractivity contribution is 0.100. The topological polar surface area (TPSA) is 46.3 Å². The first-order chi connectivity index (χ1) is 9.31. The molecular formula is C16H24N2OS. The summed E-state index contributed by atoms with van der Waals surface area (Å²) < 4.78 is 0. The molecule has 4 heteroatoms. The van der Waals surface area contributed by atoms with Crippen LogP contribution in [0.5, 0.6) is 0 Å². The Kier molecular flexibility index (Phi) is 5.57. The minimum Gasteiger partial charge on any atom is -0.365 e. The average Bonchev–Trinajstić information content (AvgIpc) is 2.67. The van der Waals surface area contributed by atoms with Gasteiger partial charge in [0.1, 0.15) is 5.00 Å². The van der Waals surface area contributed by atoms with Crippen LogP contribution in [0.3, 0.4) is 0 Å². The van der Waals surface area contributed by atoms with Gasteiger partial charge >= 0.3 is 0 Å². The predicted molar refractivity (Wildman–Crippen MR) is 89.3 cm³/mol. The quantitative estimate of drug-likeness (QED) is 0.813. The Hall–Kier alpha value is -1.55. The van der Waals surface area contributed by atoms with Crippen molar-refractivity contribution < 1.29 is 4.79 Å². The normalized spacial score (nSPS) is 10.4. The highest BCUT2D eigenvalue weighted by molar-refractivity contribution is 7.18. The van der Waals surface area contributed by atoms with Crippen molar-refractivity contribution in [3.63, 3.8) is 0 Å². The molecule has 2 N–H and O–H groups in total. The average molecular weight is 292 g/mol. The van der Waals surface area contributed by atoms with Crippen molar-refractivity contribution in [2.45, 2.75) is 40.5 Å². The summed E-state index contributed by atoms with van der Waals surface area (Å²) in [4.78, 5) is 14.4.